The maximum absolute atomic E-state index is 13.1. The number of rotatable bonds is 5. The van der Waals surface area contributed by atoms with Gasteiger partial charge in [-0.1, -0.05) is 29.8 Å². The number of esters is 1. The van der Waals surface area contributed by atoms with Crippen LogP contribution in [0.25, 0.3) is 6.08 Å². The third-order valence-electron chi connectivity index (χ3n) is 4.33. The Balaban J connectivity index is 2.07. The molecule has 2 heterocycles. The number of amides is 1. The molecule has 0 saturated heterocycles. The number of ether oxygens (including phenoxy) is 3. The monoisotopic (exact) mass is 435 g/mol. The van der Waals surface area contributed by atoms with Gasteiger partial charge in [-0.15, -0.1) is 0 Å². The van der Waals surface area contributed by atoms with Crippen LogP contribution >= 0.6 is 15.9 Å². The molecule has 0 spiro atoms. The van der Waals surface area contributed by atoms with Crippen LogP contribution in [0.3, 0.4) is 0 Å². The van der Waals surface area contributed by atoms with Gasteiger partial charge in [0.25, 0.3) is 5.91 Å². The molecule has 1 aromatic carbocycles. The van der Waals surface area contributed by atoms with Gasteiger partial charge in [-0.3, -0.25) is 4.79 Å². The van der Waals surface area contributed by atoms with Crippen molar-refractivity contribution in [1.82, 2.24) is 4.90 Å². The second-order valence-corrected chi connectivity index (χ2v) is 7.63. The number of halogens is 1. The summed E-state index contributed by atoms with van der Waals surface area (Å²) in [5.74, 6) is 0.823. The minimum absolute atomic E-state index is 0.163. The van der Waals surface area contributed by atoms with Gasteiger partial charge in [-0.25, -0.2) is 4.79 Å². The van der Waals surface area contributed by atoms with E-state index in [4.69, 9.17) is 14.2 Å². The van der Waals surface area contributed by atoms with Crippen molar-refractivity contribution in [1.29, 1.82) is 0 Å². The molecular weight excluding hydrogens is 414 g/mol. The van der Waals surface area contributed by atoms with Crippen LogP contribution in [-0.4, -0.2) is 36.7 Å². The summed E-state index contributed by atoms with van der Waals surface area (Å²) >= 11 is 3.50. The number of carbonyl (C=O) groups is 2. The van der Waals surface area contributed by atoms with Gasteiger partial charge < -0.3 is 19.1 Å². The first kappa shape index (κ1) is 19.5. The van der Waals surface area contributed by atoms with Crippen LogP contribution in [0.4, 0.5) is 0 Å². The van der Waals surface area contributed by atoms with Crippen LogP contribution in [0.15, 0.2) is 33.4 Å². The number of nitrogens with zero attached hydrogens (tertiary/aromatic N) is 1. The summed E-state index contributed by atoms with van der Waals surface area (Å²) in [6.45, 7) is 8.52. The van der Waals surface area contributed by atoms with Crippen LogP contribution in [-0.2, 0) is 14.3 Å². The Hall–Kier alpha value is -2.28. The molecule has 1 aromatic rings. The molecule has 0 atom stereocenters. The maximum Gasteiger partial charge on any atom is 0.340 e. The van der Waals surface area contributed by atoms with E-state index in [0.29, 0.717) is 34.9 Å². The lowest BCUT2D eigenvalue weighted by Crippen LogP contribution is -2.28. The third kappa shape index (κ3) is 3.74. The van der Waals surface area contributed by atoms with Gasteiger partial charge in [0.05, 0.1) is 17.8 Å². The highest BCUT2D eigenvalue weighted by Crippen LogP contribution is 2.39. The van der Waals surface area contributed by atoms with Crippen molar-refractivity contribution in [3.8, 4) is 11.5 Å². The Kier molecular flexibility index (Phi) is 5.60. The molecular formula is C20H22BrNO5. The molecule has 7 heteroatoms. The number of allylic oxidation sites excluding steroid dienone is 1. The van der Waals surface area contributed by atoms with Gasteiger partial charge in [0.1, 0.15) is 0 Å². The van der Waals surface area contributed by atoms with E-state index in [9.17, 15) is 9.59 Å². The highest BCUT2D eigenvalue weighted by Gasteiger charge is 2.37. The summed E-state index contributed by atoms with van der Waals surface area (Å²) in [6, 6.07) is 3.58. The molecule has 0 unspecified atom stereocenters. The summed E-state index contributed by atoms with van der Waals surface area (Å²) in [5, 5.41) is 0. The molecule has 0 aliphatic carbocycles. The highest BCUT2D eigenvalue weighted by molar-refractivity contribution is 9.10. The van der Waals surface area contributed by atoms with Crippen LogP contribution in [0, 0.1) is 5.92 Å². The first-order valence-corrected chi connectivity index (χ1v) is 9.63. The topological polar surface area (TPSA) is 65.1 Å². The summed E-state index contributed by atoms with van der Waals surface area (Å²) in [4.78, 5) is 27.2. The quantitative estimate of drug-likeness (QED) is 0.518. The van der Waals surface area contributed by atoms with E-state index in [2.05, 4.69) is 15.9 Å². The lowest BCUT2D eigenvalue weighted by molar-refractivity contribution is -0.138. The molecule has 0 saturated carbocycles. The smallest absolute Gasteiger partial charge is 0.340 e. The number of benzene rings is 1. The third-order valence-corrected chi connectivity index (χ3v) is 5.02. The van der Waals surface area contributed by atoms with Crippen LogP contribution in [0.1, 0.15) is 33.3 Å². The fourth-order valence-electron chi connectivity index (χ4n) is 3.11. The normalized spacial score (nSPS) is 17.5. The summed E-state index contributed by atoms with van der Waals surface area (Å²) in [6.07, 6.45) is 1.70. The van der Waals surface area contributed by atoms with Crippen molar-refractivity contribution in [3.63, 3.8) is 0 Å². The average Bonchev–Trinajstić information content (AvgIpc) is 3.13. The lowest BCUT2D eigenvalue weighted by Gasteiger charge is -2.20. The predicted octanol–water partition coefficient (Wildman–Crippen LogP) is 3.90. The largest absolute Gasteiger partial charge is 0.462 e. The minimum Gasteiger partial charge on any atom is -0.462 e. The zero-order valence-electron chi connectivity index (χ0n) is 15.8. The molecule has 0 fully saturated rings. The molecule has 2 aliphatic rings. The summed E-state index contributed by atoms with van der Waals surface area (Å²) in [7, 11) is 0. The first-order valence-electron chi connectivity index (χ1n) is 8.84. The van der Waals surface area contributed by atoms with Gasteiger partial charge in [-0.05, 0) is 43.5 Å². The number of hydrogen-bond acceptors (Lipinski definition) is 5. The summed E-state index contributed by atoms with van der Waals surface area (Å²) in [5.41, 5.74) is 1.98. The molecule has 0 aromatic heterocycles. The molecule has 0 N–H and O–H groups in total. The molecule has 0 bridgehead atoms. The van der Waals surface area contributed by atoms with Gasteiger partial charge in [0.15, 0.2) is 11.5 Å². The van der Waals surface area contributed by atoms with E-state index >= 15 is 0 Å². The van der Waals surface area contributed by atoms with Gasteiger partial charge in [0.2, 0.25) is 6.79 Å². The van der Waals surface area contributed by atoms with Crippen LogP contribution < -0.4 is 9.47 Å². The highest BCUT2D eigenvalue weighted by atomic mass is 79.9. The van der Waals surface area contributed by atoms with Crippen molar-refractivity contribution in [2.24, 2.45) is 5.92 Å². The number of fused-ring (bicyclic) bond motifs is 1. The molecule has 144 valence electrons. The number of hydrogen-bond donors (Lipinski definition) is 0. The Morgan fingerprint density at radius 3 is 2.63 bits per heavy atom. The van der Waals surface area contributed by atoms with Crippen molar-refractivity contribution in [3.05, 3.63) is 39.0 Å². The second kappa shape index (κ2) is 7.76. The standard InChI is InChI=1S/C20H22BrNO5/c1-5-25-20(24)18-12(4)22(9-11(2)3)19(23)14(18)6-13-7-16-17(8-15(13)21)27-10-26-16/h6-8,11H,5,9-10H2,1-4H3/b14-6-. The van der Waals surface area contributed by atoms with E-state index in [1.165, 1.54) is 0 Å². The molecule has 3 rings (SSSR count). The van der Waals surface area contributed by atoms with E-state index in [1.807, 2.05) is 13.8 Å². The first-order chi connectivity index (χ1) is 12.8. The molecule has 1 amide bonds. The molecule has 27 heavy (non-hydrogen) atoms. The summed E-state index contributed by atoms with van der Waals surface area (Å²) < 4.78 is 16.7. The van der Waals surface area contributed by atoms with Crippen molar-refractivity contribution >= 4 is 33.9 Å². The van der Waals surface area contributed by atoms with E-state index in [-0.39, 0.29) is 25.2 Å². The Bertz CT molecular complexity index is 856. The van der Waals surface area contributed by atoms with E-state index in [0.717, 1.165) is 10.0 Å². The fraction of sp³-hybridized carbons (Fsp3) is 0.400. The van der Waals surface area contributed by atoms with Crippen molar-refractivity contribution in [2.45, 2.75) is 27.7 Å². The molecule has 0 radical (unpaired) electrons. The van der Waals surface area contributed by atoms with Gasteiger partial charge in [-0.2, -0.15) is 0 Å². The van der Waals surface area contributed by atoms with Crippen molar-refractivity contribution in [2.75, 3.05) is 19.9 Å². The van der Waals surface area contributed by atoms with Crippen molar-refractivity contribution < 1.29 is 23.8 Å². The SMILES string of the molecule is CCOC(=O)C1=C(C)N(CC(C)C)C(=O)/C1=C\c1cc2c(cc1Br)OCO2. The molecule has 2 aliphatic heterocycles. The second-order valence-electron chi connectivity index (χ2n) is 6.78. The van der Waals surface area contributed by atoms with Gasteiger partial charge in [0, 0.05) is 16.7 Å². The minimum atomic E-state index is -0.488. The van der Waals surface area contributed by atoms with Crippen LogP contribution in [0.5, 0.6) is 11.5 Å². The van der Waals surface area contributed by atoms with Gasteiger partial charge >= 0.3 is 5.97 Å². The maximum atomic E-state index is 13.1. The van der Waals surface area contributed by atoms with E-state index < -0.39 is 5.97 Å². The average molecular weight is 436 g/mol. The zero-order valence-corrected chi connectivity index (χ0v) is 17.4. The van der Waals surface area contributed by atoms with E-state index in [1.54, 1.807) is 37.0 Å². The Morgan fingerprint density at radius 2 is 2.00 bits per heavy atom. The number of carbonyl (C=O) groups excluding carboxylic acids is 2. The van der Waals surface area contributed by atoms with Crippen LogP contribution in [0.2, 0.25) is 0 Å². The Morgan fingerprint density at radius 1 is 1.33 bits per heavy atom. The molecule has 6 nitrogen and oxygen atoms in total. The predicted molar refractivity (Wildman–Crippen MR) is 104 cm³/mol. The lowest BCUT2D eigenvalue weighted by atomic mass is 10.0. The Labute approximate surface area is 166 Å². The zero-order chi connectivity index (χ0) is 19.7. The fourth-order valence-corrected chi connectivity index (χ4v) is 3.55.